The minimum atomic E-state index is -0.990. The molecule has 0 heterocycles. The van der Waals surface area contributed by atoms with Gasteiger partial charge >= 0.3 is 6.16 Å². The van der Waals surface area contributed by atoms with Crippen LogP contribution < -0.4 is 0 Å². The molecule has 0 bridgehead atoms. The fourth-order valence-electron chi connectivity index (χ4n) is 0.300. The molecule has 0 aliphatic carbocycles. The number of hydrogen-bond acceptors (Lipinski definition) is 3. The van der Waals surface area contributed by atoms with Gasteiger partial charge in [-0.1, -0.05) is 23.2 Å². The van der Waals surface area contributed by atoms with Crippen LogP contribution in [0.4, 0.5) is 4.79 Å². The molecule has 7 heteroatoms. The van der Waals surface area contributed by atoms with Gasteiger partial charge < -0.3 is 9.47 Å². The standard InChI is InChI=1S/C5H6Cl4O3/c6-1-3(8)11-5(10)12-4(9)2-7/h3-4H,1-2H2. The Bertz CT molecular complexity index is 129. The first-order valence-corrected chi connectivity index (χ1v) is 4.81. The van der Waals surface area contributed by atoms with Crippen molar-refractivity contribution in [1.29, 1.82) is 0 Å². The minimum absolute atomic E-state index is 0.0233. The lowest BCUT2D eigenvalue weighted by atomic mass is 10.8. The first-order valence-electron chi connectivity index (χ1n) is 2.87. The van der Waals surface area contributed by atoms with E-state index in [0.717, 1.165) is 0 Å². The Balaban J connectivity index is 3.59. The third kappa shape index (κ3) is 6.00. The van der Waals surface area contributed by atoms with Gasteiger partial charge in [-0.05, 0) is 0 Å². The number of carbonyl (C=O) groups is 1. The third-order valence-corrected chi connectivity index (χ3v) is 2.05. The van der Waals surface area contributed by atoms with Crippen molar-refractivity contribution in [3.63, 3.8) is 0 Å². The van der Waals surface area contributed by atoms with Crippen molar-refractivity contribution in [2.24, 2.45) is 0 Å². The highest BCUT2D eigenvalue weighted by atomic mass is 35.5. The van der Waals surface area contributed by atoms with Crippen molar-refractivity contribution < 1.29 is 14.3 Å². The van der Waals surface area contributed by atoms with Crippen molar-refractivity contribution in [2.75, 3.05) is 11.8 Å². The molecule has 72 valence electrons. The molecule has 0 saturated carbocycles. The predicted octanol–water partition coefficient (Wildman–Crippen LogP) is 2.75. The molecular weight excluding hydrogens is 250 g/mol. The third-order valence-electron chi connectivity index (χ3n) is 0.691. The summed E-state index contributed by atoms with van der Waals surface area (Å²) < 4.78 is 8.80. The van der Waals surface area contributed by atoms with E-state index >= 15 is 0 Å². The average molecular weight is 256 g/mol. The van der Waals surface area contributed by atoms with Gasteiger partial charge in [0.2, 0.25) is 0 Å². The van der Waals surface area contributed by atoms with Gasteiger partial charge in [-0.25, -0.2) is 4.79 Å². The molecule has 0 fully saturated rings. The summed E-state index contributed by atoms with van der Waals surface area (Å²) in [5.41, 5.74) is -1.84. The molecule has 0 rings (SSSR count). The highest BCUT2D eigenvalue weighted by molar-refractivity contribution is 6.28. The smallest absolute Gasteiger partial charge is 0.413 e. The lowest BCUT2D eigenvalue weighted by molar-refractivity contribution is 0.0456. The molecule has 0 aliphatic heterocycles. The van der Waals surface area contributed by atoms with Crippen molar-refractivity contribution in [3.8, 4) is 0 Å². The SMILES string of the molecule is O=C(OC(Cl)CCl)OC(Cl)CCl. The molecule has 2 unspecified atom stereocenters. The Morgan fingerprint density at radius 3 is 1.67 bits per heavy atom. The van der Waals surface area contributed by atoms with Crippen LogP contribution in [-0.2, 0) is 9.47 Å². The molecule has 2 atom stereocenters. The summed E-state index contributed by atoms with van der Waals surface area (Å²) in [5, 5.41) is 0. The molecule has 12 heavy (non-hydrogen) atoms. The van der Waals surface area contributed by atoms with Gasteiger partial charge in [0.1, 0.15) is 0 Å². The predicted molar refractivity (Wildman–Crippen MR) is 48.3 cm³/mol. The van der Waals surface area contributed by atoms with E-state index in [1.165, 1.54) is 0 Å². The quantitative estimate of drug-likeness (QED) is 0.573. The van der Waals surface area contributed by atoms with E-state index in [9.17, 15) is 4.79 Å². The second-order valence-electron chi connectivity index (χ2n) is 1.61. The van der Waals surface area contributed by atoms with Gasteiger partial charge in [0.15, 0.2) is 11.1 Å². The van der Waals surface area contributed by atoms with Crippen LogP contribution in [-0.4, -0.2) is 29.0 Å². The second-order valence-corrected chi connectivity index (χ2v) is 3.21. The monoisotopic (exact) mass is 254 g/mol. The fourth-order valence-corrected chi connectivity index (χ4v) is 0.571. The first kappa shape index (κ1) is 12.4. The van der Waals surface area contributed by atoms with E-state index in [1.54, 1.807) is 0 Å². The van der Waals surface area contributed by atoms with E-state index in [0.29, 0.717) is 0 Å². The number of rotatable bonds is 4. The number of carbonyl (C=O) groups excluding carboxylic acids is 1. The van der Waals surface area contributed by atoms with E-state index in [1.807, 2.05) is 0 Å². The van der Waals surface area contributed by atoms with Crippen LogP contribution in [0.1, 0.15) is 0 Å². The van der Waals surface area contributed by atoms with Crippen molar-refractivity contribution >= 4 is 52.6 Å². The Hall–Kier alpha value is 0.430. The summed E-state index contributed by atoms with van der Waals surface area (Å²) >= 11 is 21.2. The van der Waals surface area contributed by atoms with E-state index in [-0.39, 0.29) is 11.8 Å². The number of hydrogen-bond donors (Lipinski definition) is 0. The number of halogens is 4. The number of alkyl halides is 4. The van der Waals surface area contributed by atoms with Crippen LogP contribution >= 0.6 is 46.4 Å². The van der Waals surface area contributed by atoms with Gasteiger partial charge in [-0.15, -0.1) is 23.2 Å². The van der Waals surface area contributed by atoms with Crippen LogP contribution in [0.2, 0.25) is 0 Å². The molecule has 0 spiro atoms. The summed E-state index contributed by atoms with van der Waals surface area (Å²) in [7, 11) is 0. The molecule has 0 aromatic carbocycles. The molecule has 0 radical (unpaired) electrons. The summed E-state index contributed by atoms with van der Waals surface area (Å²) in [6.07, 6.45) is -0.990. The topological polar surface area (TPSA) is 35.5 Å². The molecular formula is C5H6Cl4O3. The molecule has 3 nitrogen and oxygen atoms in total. The van der Waals surface area contributed by atoms with E-state index < -0.39 is 17.3 Å². The Labute approximate surface area is 89.8 Å². The normalized spacial score (nSPS) is 15.0. The number of ether oxygens (including phenoxy) is 2. The van der Waals surface area contributed by atoms with E-state index in [2.05, 4.69) is 9.47 Å². The molecule has 0 aliphatic rings. The van der Waals surface area contributed by atoms with Crippen molar-refractivity contribution in [1.82, 2.24) is 0 Å². The maximum absolute atomic E-state index is 10.7. The van der Waals surface area contributed by atoms with Crippen LogP contribution in [0.15, 0.2) is 0 Å². The molecule has 0 aromatic rings. The zero-order valence-electron chi connectivity index (χ0n) is 5.81. The van der Waals surface area contributed by atoms with Gasteiger partial charge in [-0.3, -0.25) is 0 Å². The average Bonchev–Trinajstić information content (AvgIpc) is 2.03. The minimum Gasteiger partial charge on any atom is -0.413 e. The molecule has 0 aromatic heterocycles. The van der Waals surface area contributed by atoms with Gasteiger partial charge in [0.05, 0.1) is 11.8 Å². The highest BCUT2D eigenvalue weighted by Crippen LogP contribution is 2.07. The zero-order chi connectivity index (χ0) is 9.56. The molecule has 0 amide bonds. The summed E-state index contributed by atoms with van der Waals surface area (Å²) in [6, 6.07) is 0. The van der Waals surface area contributed by atoms with Gasteiger partial charge in [0, 0.05) is 0 Å². The van der Waals surface area contributed by atoms with E-state index in [4.69, 9.17) is 46.4 Å². The summed E-state index contributed by atoms with van der Waals surface area (Å²) in [4.78, 5) is 10.7. The largest absolute Gasteiger partial charge is 0.511 e. The van der Waals surface area contributed by atoms with Crippen molar-refractivity contribution in [2.45, 2.75) is 11.1 Å². The Kier molecular flexibility index (Phi) is 7.14. The lowest BCUT2D eigenvalue weighted by Crippen LogP contribution is -2.19. The van der Waals surface area contributed by atoms with Crippen molar-refractivity contribution in [3.05, 3.63) is 0 Å². The fraction of sp³-hybridized carbons (Fsp3) is 0.800. The maximum atomic E-state index is 10.7. The zero-order valence-corrected chi connectivity index (χ0v) is 8.83. The molecule has 0 saturated heterocycles. The van der Waals surface area contributed by atoms with Crippen LogP contribution in [0.5, 0.6) is 0 Å². The van der Waals surface area contributed by atoms with Crippen LogP contribution in [0.25, 0.3) is 0 Å². The highest BCUT2D eigenvalue weighted by Gasteiger charge is 2.15. The summed E-state index contributed by atoms with van der Waals surface area (Å²) in [5.74, 6) is -0.0467. The Morgan fingerprint density at radius 1 is 1.08 bits per heavy atom. The second kappa shape index (κ2) is 6.89. The van der Waals surface area contributed by atoms with Crippen LogP contribution in [0.3, 0.4) is 0 Å². The van der Waals surface area contributed by atoms with Crippen LogP contribution in [0, 0.1) is 0 Å². The maximum Gasteiger partial charge on any atom is 0.511 e. The lowest BCUT2D eigenvalue weighted by Gasteiger charge is -2.10. The summed E-state index contributed by atoms with van der Waals surface area (Å²) in [6.45, 7) is 0. The Morgan fingerprint density at radius 2 is 1.42 bits per heavy atom. The van der Waals surface area contributed by atoms with Gasteiger partial charge in [-0.2, -0.15) is 0 Å². The van der Waals surface area contributed by atoms with Gasteiger partial charge in [0.25, 0.3) is 0 Å². The molecule has 0 N–H and O–H groups in total. The first-order chi connectivity index (χ1) is 5.60.